The molecule has 0 bridgehead atoms. The van der Waals surface area contributed by atoms with E-state index in [0.29, 0.717) is 32.1 Å². The van der Waals surface area contributed by atoms with Crippen LogP contribution in [0.3, 0.4) is 0 Å². The van der Waals surface area contributed by atoms with E-state index in [1.165, 1.54) is 11.1 Å². The van der Waals surface area contributed by atoms with Crippen molar-refractivity contribution in [1.29, 1.82) is 0 Å². The second-order valence-corrected chi connectivity index (χ2v) is 41.1. The van der Waals surface area contributed by atoms with E-state index in [9.17, 15) is 19.8 Å². The van der Waals surface area contributed by atoms with Crippen molar-refractivity contribution in [1.82, 2.24) is 0 Å². The Bertz CT molecular complexity index is 3300. The summed E-state index contributed by atoms with van der Waals surface area (Å²) < 4.78 is 52.3. The summed E-state index contributed by atoms with van der Waals surface area (Å²) in [5.41, 5.74) is 3.38. The number of hydrogen-bond acceptors (Lipinski definition) is 12. The predicted octanol–water partition coefficient (Wildman–Crippen LogP) is 20.3. The van der Waals surface area contributed by atoms with Crippen molar-refractivity contribution >= 4 is 28.6 Å². The zero-order valence-electron chi connectivity index (χ0n) is 62.6. The lowest BCUT2D eigenvalue weighted by atomic mass is 9.89. The van der Waals surface area contributed by atoms with Crippen LogP contribution in [0.2, 0.25) is 36.3 Å². The van der Waals surface area contributed by atoms with Gasteiger partial charge in [-0.05, 0) is 151 Å². The molecule has 544 valence electrons. The van der Waals surface area contributed by atoms with Gasteiger partial charge in [0.25, 0.3) is 0 Å². The van der Waals surface area contributed by atoms with Gasteiger partial charge in [0.1, 0.15) is 24.4 Å². The van der Waals surface area contributed by atoms with Crippen molar-refractivity contribution in [2.45, 2.75) is 276 Å². The van der Waals surface area contributed by atoms with Crippen molar-refractivity contribution in [3.8, 4) is 0 Å². The van der Waals surface area contributed by atoms with Crippen molar-refractivity contribution in [3.05, 3.63) is 229 Å². The molecule has 2 N–H and O–H groups in total. The number of allylic oxidation sites excluding steroid dienone is 4. The first-order valence-corrected chi connectivity index (χ1v) is 41.4. The summed E-state index contributed by atoms with van der Waals surface area (Å²) in [5, 5.41) is 20.7. The zero-order chi connectivity index (χ0) is 72.3. The van der Waals surface area contributed by atoms with Gasteiger partial charge in [0.2, 0.25) is 0 Å². The number of cyclic esters (lactones) is 2. The molecule has 14 heteroatoms. The number of aliphatic hydroxyl groups is 2. The Labute approximate surface area is 599 Å². The lowest BCUT2D eigenvalue weighted by molar-refractivity contribution is -0.152. The van der Waals surface area contributed by atoms with Crippen LogP contribution in [-0.2, 0) is 59.7 Å². The van der Waals surface area contributed by atoms with Crippen LogP contribution in [0.25, 0.3) is 0 Å². The minimum absolute atomic E-state index is 0. The summed E-state index contributed by atoms with van der Waals surface area (Å²) in [6, 6.07) is 40.4. The van der Waals surface area contributed by atoms with Gasteiger partial charge in [-0.25, -0.2) is 0 Å². The van der Waals surface area contributed by atoms with Crippen LogP contribution in [0.1, 0.15) is 191 Å². The average Bonchev–Trinajstić information content (AvgIpc) is 1.66. The van der Waals surface area contributed by atoms with E-state index in [1.807, 2.05) is 142 Å². The standard InChI is InChI=1S/C41H58O6Si.C31H46O5Si.C12H16O.CH4/c1-30(17-16-26-40(6,43)27-24-32-18-12-10-13-19-32)37-31(2)22-23-35-41(7,46-38(44-35)33-20-14-11-15-21-33)28-25-34(29-36(42)45-37)47-48(8,9)39(3,4)5;1-10-14-22(2)28-23(3)17-18-26-31(7,35-29(33-26)24-15-12-11-13-16-24)20-19-25(21-27(32)34-28)36-37(8,9)30(4,5)6;1-3-12(2,13)10-9-11-7-5-4-6-8-11;/h10-23,26,31,34-35,37-38,43H,24-25,27-29H2,1-9H3;10-18,23,25-26,28-29H,1,19-21H2,2-9H3;3-8,13H,1,9-10H2,2H3;1H4/b23-22+,26-16+,30-17+;18-17+,22-14+;;/t31-,34+,35-,37+,38?,40?,41+;23-,25+,26-,28+,29?,31+;;/m00../s1. The molecule has 4 aromatic rings. The van der Waals surface area contributed by atoms with Crippen molar-refractivity contribution in [2.24, 2.45) is 11.8 Å². The minimum Gasteiger partial charge on any atom is -0.457 e. The highest BCUT2D eigenvalue weighted by atomic mass is 28.4. The third-order valence-corrected chi connectivity index (χ3v) is 29.7. The Morgan fingerprint density at radius 2 is 0.909 bits per heavy atom. The maximum absolute atomic E-state index is 13.7. The van der Waals surface area contributed by atoms with Gasteiger partial charge in [-0.2, -0.15) is 0 Å². The van der Waals surface area contributed by atoms with Gasteiger partial charge in [0.05, 0.1) is 47.5 Å². The summed E-state index contributed by atoms with van der Waals surface area (Å²) in [6.45, 7) is 45.5. The Morgan fingerprint density at radius 1 is 0.556 bits per heavy atom. The molecule has 4 unspecified atom stereocenters. The van der Waals surface area contributed by atoms with Gasteiger partial charge in [-0.1, -0.05) is 251 Å². The molecule has 0 spiro atoms. The summed E-state index contributed by atoms with van der Waals surface area (Å²) in [6.07, 6.45) is 22.3. The van der Waals surface area contributed by atoms with Crippen LogP contribution in [0.15, 0.2) is 206 Å². The van der Waals surface area contributed by atoms with Gasteiger partial charge < -0.3 is 47.5 Å². The largest absolute Gasteiger partial charge is 0.457 e. The third kappa shape index (κ3) is 25.5. The molecular weight excluding hydrogens is 1270 g/mol. The van der Waals surface area contributed by atoms with Crippen molar-refractivity contribution < 1.29 is 57.1 Å². The normalized spacial score (nSPS) is 28.7. The fourth-order valence-electron chi connectivity index (χ4n) is 11.9. The van der Waals surface area contributed by atoms with E-state index >= 15 is 0 Å². The number of esters is 2. The predicted molar refractivity (Wildman–Crippen MR) is 410 cm³/mol. The molecule has 4 aliphatic heterocycles. The van der Waals surface area contributed by atoms with Gasteiger partial charge >= 0.3 is 11.9 Å². The highest BCUT2D eigenvalue weighted by Gasteiger charge is 2.49. The number of hydrogen-bond donors (Lipinski definition) is 2. The van der Waals surface area contributed by atoms with Gasteiger partial charge in [0.15, 0.2) is 29.2 Å². The highest BCUT2D eigenvalue weighted by Crippen LogP contribution is 2.46. The van der Waals surface area contributed by atoms with E-state index in [-0.39, 0.29) is 78.5 Å². The maximum Gasteiger partial charge on any atom is 0.308 e. The molecule has 12 nitrogen and oxygen atoms in total. The van der Waals surface area contributed by atoms with E-state index in [2.05, 4.69) is 157 Å². The lowest BCUT2D eigenvalue weighted by Gasteiger charge is -2.40. The molecule has 0 amide bonds. The molecule has 4 aliphatic rings. The Balaban J connectivity index is 0.000000306. The Hall–Kier alpha value is -5.89. The fourth-order valence-corrected chi connectivity index (χ4v) is 14.7. The number of carbonyl (C=O) groups excluding carboxylic acids is 2. The van der Waals surface area contributed by atoms with Gasteiger partial charge in [-0.3, -0.25) is 9.59 Å². The van der Waals surface area contributed by atoms with Crippen molar-refractivity contribution in [2.75, 3.05) is 0 Å². The number of fused-ring (bicyclic) bond motifs is 2. The molecule has 99 heavy (non-hydrogen) atoms. The topological polar surface area (TPSA) is 148 Å². The average molecular weight is 1390 g/mol. The summed E-state index contributed by atoms with van der Waals surface area (Å²) >= 11 is 0. The monoisotopic (exact) mass is 1390 g/mol. The quantitative estimate of drug-likeness (QED) is 0.0423. The zero-order valence-corrected chi connectivity index (χ0v) is 64.6. The van der Waals surface area contributed by atoms with Crippen LogP contribution in [0.5, 0.6) is 0 Å². The van der Waals surface area contributed by atoms with E-state index in [4.69, 9.17) is 37.3 Å². The smallest absolute Gasteiger partial charge is 0.308 e. The molecule has 4 aromatic carbocycles. The van der Waals surface area contributed by atoms with Crippen LogP contribution >= 0.6 is 0 Å². The van der Waals surface area contributed by atoms with Crippen LogP contribution in [0, 0.1) is 11.8 Å². The second kappa shape index (κ2) is 36.8. The molecule has 0 saturated carbocycles. The molecule has 14 atom stereocenters. The number of aryl methyl sites for hydroxylation is 2. The first-order chi connectivity index (χ1) is 45.9. The summed E-state index contributed by atoms with van der Waals surface area (Å²) in [7, 11) is -4.31. The molecule has 4 heterocycles. The Kier molecular flexibility index (Phi) is 31.2. The minimum atomic E-state index is -2.19. The van der Waals surface area contributed by atoms with E-state index < -0.39 is 63.8 Å². The SMILES string of the molecule is C.C/C(=C\C=C\C(C)(O)CCc1ccccc1)[C@H]1OC(=O)C[C@H](O[Si](C)(C)C(C)(C)C)CC[C@@]2(C)OC(c3ccccc3)O[C@H]2/C=C/[C@@H]1C.C=C/C=C(\C)[C@H]1OC(=O)C[C@H](O[Si](C)(C)C(C)(C)C)CC[C@@]2(C)OC(c3ccccc3)O[C@H]2/C=C/[C@@H]1C.C=CC(C)(O)CCc1ccccc1. The first-order valence-electron chi connectivity index (χ1n) is 35.6. The van der Waals surface area contributed by atoms with Gasteiger partial charge in [-0.15, -0.1) is 6.58 Å². The molecular formula is C85H124O12Si2. The molecule has 0 radical (unpaired) electrons. The van der Waals surface area contributed by atoms with Crippen LogP contribution in [0.4, 0.5) is 0 Å². The summed E-state index contributed by atoms with van der Waals surface area (Å²) in [5.74, 6) is -0.703. The molecule has 0 aliphatic carbocycles. The van der Waals surface area contributed by atoms with Gasteiger partial charge in [0, 0.05) is 23.0 Å². The lowest BCUT2D eigenvalue weighted by Crippen LogP contribution is -2.45. The number of rotatable bonds is 18. The van der Waals surface area contributed by atoms with E-state index in [0.717, 1.165) is 41.5 Å². The van der Waals surface area contributed by atoms with Crippen LogP contribution in [-0.4, -0.2) is 97.8 Å². The molecule has 2 fully saturated rings. The molecule has 2 saturated heterocycles. The number of benzene rings is 4. The summed E-state index contributed by atoms with van der Waals surface area (Å²) in [4.78, 5) is 26.9. The fraction of sp³-hybridized carbons (Fsp3) is 0.529. The van der Waals surface area contributed by atoms with Crippen molar-refractivity contribution in [3.63, 3.8) is 0 Å². The van der Waals surface area contributed by atoms with E-state index in [1.54, 1.807) is 19.1 Å². The van der Waals surface area contributed by atoms with Crippen LogP contribution < -0.4 is 0 Å². The molecule has 0 aromatic heterocycles. The third-order valence-electron chi connectivity index (χ3n) is 20.6. The number of carbonyl (C=O) groups is 2. The number of ether oxygens (including phenoxy) is 6. The highest BCUT2D eigenvalue weighted by molar-refractivity contribution is 6.74. The second-order valence-electron chi connectivity index (χ2n) is 31.6. The molecule has 8 rings (SSSR count). The maximum atomic E-state index is 13.7. The Morgan fingerprint density at radius 3 is 1.26 bits per heavy atom. The first kappa shape index (κ1) is 83.8.